The average Bonchev–Trinajstić information content (AvgIpc) is 1.88. The van der Waals surface area contributed by atoms with Gasteiger partial charge in [0.05, 0.1) is 0 Å². The van der Waals surface area contributed by atoms with E-state index in [0.717, 1.165) is 0 Å². The molecule has 0 fully saturated rings. The predicted molar refractivity (Wildman–Crippen MR) is 41.6 cm³/mol. The molecule has 2 N–H and O–H groups in total. The van der Waals surface area contributed by atoms with Crippen molar-refractivity contribution in [3.8, 4) is 0 Å². The SMILES string of the molecule is O=C([OH2+])c1ccccc1S. The first-order valence-electron chi connectivity index (χ1n) is 2.76. The summed E-state index contributed by atoms with van der Waals surface area (Å²) in [6.45, 7) is 0. The third-order valence-corrected chi connectivity index (χ3v) is 1.54. The zero-order valence-corrected chi connectivity index (χ0v) is 6.06. The highest BCUT2D eigenvalue weighted by Gasteiger charge is 2.12. The third kappa shape index (κ3) is 1.30. The molecular weight excluding hydrogens is 148 g/mol. The first-order chi connectivity index (χ1) is 4.72. The maximum Gasteiger partial charge on any atom is 0.550 e. The Hall–Kier alpha value is -0.960. The minimum Gasteiger partial charge on any atom is -0.561 e. The summed E-state index contributed by atoms with van der Waals surface area (Å²) in [4.78, 5) is 11.0. The van der Waals surface area contributed by atoms with E-state index in [1.165, 1.54) is 0 Å². The quantitative estimate of drug-likeness (QED) is 0.473. The van der Waals surface area contributed by atoms with E-state index >= 15 is 0 Å². The lowest BCUT2D eigenvalue weighted by Crippen LogP contribution is -1.96. The summed E-state index contributed by atoms with van der Waals surface area (Å²) < 4.78 is 0. The first kappa shape index (κ1) is 7.15. The molecule has 0 saturated carbocycles. The Morgan fingerprint density at radius 1 is 1.40 bits per heavy atom. The molecule has 1 aromatic carbocycles. The number of hydrogen-bond acceptors (Lipinski definition) is 2. The Morgan fingerprint density at radius 2 is 2.00 bits per heavy atom. The second-order valence-corrected chi connectivity index (χ2v) is 2.33. The molecule has 0 aromatic heterocycles. The van der Waals surface area contributed by atoms with Gasteiger partial charge in [0.2, 0.25) is 0 Å². The van der Waals surface area contributed by atoms with Gasteiger partial charge in [-0.15, -0.1) is 12.6 Å². The van der Waals surface area contributed by atoms with Crippen LogP contribution >= 0.6 is 12.6 Å². The van der Waals surface area contributed by atoms with E-state index in [2.05, 4.69) is 12.6 Å². The molecular formula is C7H7O2S+. The van der Waals surface area contributed by atoms with Crippen molar-refractivity contribution in [3.05, 3.63) is 29.8 Å². The third-order valence-electron chi connectivity index (χ3n) is 1.15. The molecule has 2 nitrogen and oxygen atoms in total. The van der Waals surface area contributed by atoms with Crippen molar-refractivity contribution in [1.82, 2.24) is 0 Å². The highest BCUT2D eigenvalue weighted by atomic mass is 32.1. The number of rotatable bonds is 1. The van der Waals surface area contributed by atoms with Crippen LogP contribution < -0.4 is 0 Å². The maximum atomic E-state index is 10.5. The van der Waals surface area contributed by atoms with Gasteiger partial charge in [0.15, 0.2) is 0 Å². The van der Waals surface area contributed by atoms with Crippen molar-refractivity contribution < 1.29 is 9.90 Å². The minimum atomic E-state index is -0.689. The molecule has 0 spiro atoms. The Bertz CT molecular complexity index is 258. The zero-order valence-electron chi connectivity index (χ0n) is 5.16. The van der Waals surface area contributed by atoms with Gasteiger partial charge in [0.1, 0.15) is 5.56 Å². The smallest absolute Gasteiger partial charge is 0.550 e. The van der Waals surface area contributed by atoms with Crippen molar-refractivity contribution in [3.63, 3.8) is 0 Å². The molecule has 0 heterocycles. The predicted octanol–water partition coefficient (Wildman–Crippen LogP) is 0.840. The van der Waals surface area contributed by atoms with Crippen LogP contribution in [0.3, 0.4) is 0 Å². The molecule has 10 heavy (non-hydrogen) atoms. The fourth-order valence-electron chi connectivity index (χ4n) is 0.666. The van der Waals surface area contributed by atoms with Crippen LogP contribution in [0.5, 0.6) is 0 Å². The summed E-state index contributed by atoms with van der Waals surface area (Å²) in [6, 6.07) is 6.75. The second-order valence-electron chi connectivity index (χ2n) is 1.85. The normalized spacial score (nSPS) is 9.30. The molecule has 0 atom stereocenters. The van der Waals surface area contributed by atoms with Gasteiger partial charge in [0, 0.05) is 9.69 Å². The molecule has 0 amide bonds. The van der Waals surface area contributed by atoms with Gasteiger partial charge < -0.3 is 5.11 Å². The lowest BCUT2D eigenvalue weighted by Gasteiger charge is -1.91. The molecule has 1 rings (SSSR count). The van der Waals surface area contributed by atoms with Crippen LogP contribution in [0.15, 0.2) is 29.2 Å². The molecule has 0 aliphatic rings. The molecule has 0 aliphatic carbocycles. The Labute approximate surface area is 63.9 Å². The van der Waals surface area contributed by atoms with E-state index in [-0.39, 0.29) is 0 Å². The second kappa shape index (κ2) is 2.75. The summed E-state index contributed by atoms with van der Waals surface area (Å²) in [5.74, 6) is -0.689. The Balaban J connectivity index is 3.15. The summed E-state index contributed by atoms with van der Waals surface area (Å²) in [6.07, 6.45) is 0. The van der Waals surface area contributed by atoms with Crippen LogP contribution in [0, 0.1) is 0 Å². The van der Waals surface area contributed by atoms with Crippen LogP contribution in [0.2, 0.25) is 0 Å². The van der Waals surface area contributed by atoms with Crippen LogP contribution in [-0.4, -0.2) is 11.1 Å². The lowest BCUT2D eigenvalue weighted by atomic mass is 10.2. The maximum absolute atomic E-state index is 10.5. The van der Waals surface area contributed by atoms with Gasteiger partial charge in [-0.05, 0) is 12.1 Å². The molecule has 1 aromatic rings. The molecule has 0 saturated heterocycles. The Morgan fingerprint density at radius 3 is 2.40 bits per heavy atom. The van der Waals surface area contributed by atoms with E-state index in [1.807, 2.05) is 0 Å². The van der Waals surface area contributed by atoms with Gasteiger partial charge in [-0.25, -0.2) is 0 Å². The monoisotopic (exact) mass is 155 g/mol. The van der Waals surface area contributed by atoms with Gasteiger partial charge in [0.25, 0.3) is 0 Å². The number of thiol groups is 1. The zero-order chi connectivity index (χ0) is 7.56. The molecule has 52 valence electrons. The minimum absolute atomic E-state index is 0.353. The number of carbonyl (C=O) groups is 1. The van der Waals surface area contributed by atoms with Crippen LogP contribution in [0.1, 0.15) is 10.4 Å². The first-order valence-corrected chi connectivity index (χ1v) is 3.20. The number of benzene rings is 1. The number of carbonyl (C=O) groups excluding carboxylic acids is 1. The lowest BCUT2D eigenvalue weighted by molar-refractivity contribution is 0.0693. The highest BCUT2D eigenvalue weighted by Crippen LogP contribution is 2.11. The van der Waals surface area contributed by atoms with Crippen LogP contribution in [0.25, 0.3) is 0 Å². The topological polar surface area (TPSA) is 40.0 Å². The summed E-state index contributed by atoms with van der Waals surface area (Å²) in [5.41, 5.74) is 0.353. The van der Waals surface area contributed by atoms with Crippen LogP contribution in [0.4, 0.5) is 0 Å². The van der Waals surface area contributed by atoms with Crippen LogP contribution in [-0.2, 0) is 0 Å². The Kier molecular flexibility index (Phi) is 1.97. The van der Waals surface area contributed by atoms with E-state index in [4.69, 9.17) is 5.11 Å². The summed E-state index contributed by atoms with van der Waals surface area (Å²) >= 11 is 4.00. The molecule has 0 aliphatic heterocycles. The van der Waals surface area contributed by atoms with Crippen molar-refractivity contribution in [1.29, 1.82) is 0 Å². The molecule has 3 heteroatoms. The van der Waals surface area contributed by atoms with E-state index < -0.39 is 5.97 Å². The average molecular weight is 155 g/mol. The standard InChI is InChI=1S/C7H6O2S/c8-7(9)5-3-1-2-4-6(5)10/h1-4,10H,(H,8,9)/p+1. The van der Waals surface area contributed by atoms with Gasteiger partial charge in [-0.2, -0.15) is 0 Å². The fourth-order valence-corrected chi connectivity index (χ4v) is 0.928. The number of hydrogen-bond donors (Lipinski definition) is 1. The molecule has 0 unspecified atom stereocenters. The molecule has 0 radical (unpaired) electrons. The van der Waals surface area contributed by atoms with Crippen molar-refractivity contribution >= 4 is 18.6 Å². The van der Waals surface area contributed by atoms with Gasteiger partial charge in [-0.1, -0.05) is 12.1 Å². The van der Waals surface area contributed by atoms with Crippen molar-refractivity contribution in [2.24, 2.45) is 0 Å². The highest BCUT2D eigenvalue weighted by molar-refractivity contribution is 7.80. The van der Waals surface area contributed by atoms with Gasteiger partial charge >= 0.3 is 5.97 Å². The van der Waals surface area contributed by atoms with Crippen molar-refractivity contribution in [2.45, 2.75) is 4.90 Å². The van der Waals surface area contributed by atoms with Crippen molar-refractivity contribution in [2.75, 3.05) is 0 Å². The van der Waals surface area contributed by atoms with Gasteiger partial charge in [-0.3, -0.25) is 0 Å². The summed E-state index contributed by atoms with van der Waals surface area (Å²) in [5, 5.41) is 6.77. The van der Waals surface area contributed by atoms with E-state index in [0.29, 0.717) is 10.5 Å². The fraction of sp³-hybridized carbons (Fsp3) is 0. The largest absolute Gasteiger partial charge is 0.561 e. The molecule has 0 bridgehead atoms. The summed E-state index contributed by atoms with van der Waals surface area (Å²) in [7, 11) is 0. The van der Waals surface area contributed by atoms with E-state index in [9.17, 15) is 4.79 Å². The van der Waals surface area contributed by atoms with E-state index in [1.54, 1.807) is 24.3 Å².